The fourth-order valence-corrected chi connectivity index (χ4v) is 2.47. The van der Waals surface area contributed by atoms with E-state index >= 15 is 0 Å². The summed E-state index contributed by atoms with van der Waals surface area (Å²) in [7, 11) is 2.05. The van der Waals surface area contributed by atoms with Crippen LogP contribution in [0.3, 0.4) is 0 Å². The van der Waals surface area contributed by atoms with Crippen LogP contribution in [0.5, 0.6) is 0 Å². The van der Waals surface area contributed by atoms with Gasteiger partial charge in [-0.2, -0.15) is 0 Å². The molecule has 0 radical (unpaired) electrons. The molecule has 0 aliphatic carbocycles. The molecule has 0 saturated heterocycles. The zero-order valence-corrected chi connectivity index (χ0v) is 11.5. The predicted molar refractivity (Wildman–Crippen MR) is 84.7 cm³/mol. The minimum absolute atomic E-state index is 0.780. The third-order valence-corrected chi connectivity index (χ3v) is 3.47. The summed E-state index contributed by atoms with van der Waals surface area (Å²) in [5, 5.41) is 1.17. The third kappa shape index (κ3) is 2.30. The first-order valence-corrected chi connectivity index (χ1v) is 6.64. The van der Waals surface area contributed by atoms with Gasteiger partial charge in [0.2, 0.25) is 0 Å². The second-order valence-electron chi connectivity index (χ2n) is 4.91. The maximum atomic E-state index is 6.03. The molecular weight excluding hydrogens is 246 g/mol. The Balaban J connectivity index is 1.96. The lowest BCUT2D eigenvalue weighted by atomic mass is 10.1. The molecule has 3 heteroatoms. The minimum atomic E-state index is 0.780. The molecule has 1 heterocycles. The Hall–Kier alpha value is -2.55. The van der Waals surface area contributed by atoms with E-state index in [1.165, 1.54) is 10.9 Å². The monoisotopic (exact) mass is 263 g/mol. The van der Waals surface area contributed by atoms with Crippen molar-refractivity contribution in [1.29, 1.82) is 0 Å². The SMILES string of the molecule is CN(Cc1cccc2cccnc12)c1ccccc1N. The molecule has 100 valence electrons. The van der Waals surface area contributed by atoms with Gasteiger partial charge < -0.3 is 10.6 Å². The summed E-state index contributed by atoms with van der Waals surface area (Å²) in [4.78, 5) is 6.64. The molecule has 0 aliphatic rings. The van der Waals surface area contributed by atoms with Crippen molar-refractivity contribution in [2.75, 3.05) is 17.7 Å². The molecule has 0 amide bonds. The molecule has 0 aliphatic heterocycles. The molecule has 3 rings (SSSR count). The summed E-state index contributed by atoms with van der Waals surface area (Å²) in [5.41, 5.74) is 10.1. The Morgan fingerprint density at radius 1 is 1.00 bits per heavy atom. The first kappa shape index (κ1) is 12.5. The third-order valence-electron chi connectivity index (χ3n) is 3.47. The maximum Gasteiger partial charge on any atom is 0.0751 e. The van der Waals surface area contributed by atoms with Crippen LogP contribution in [0.2, 0.25) is 0 Å². The van der Waals surface area contributed by atoms with E-state index in [9.17, 15) is 0 Å². The molecule has 20 heavy (non-hydrogen) atoms. The number of pyridine rings is 1. The molecule has 0 saturated carbocycles. The van der Waals surface area contributed by atoms with Crippen molar-refractivity contribution in [3.63, 3.8) is 0 Å². The number of benzene rings is 2. The lowest BCUT2D eigenvalue weighted by molar-refractivity contribution is 0.929. The van der Waals surface area contributed by atoms with Crippen LogP contribution in [-0.2, 0) is 6.54 Å². The second-order valence-corrected chi connectivity index (χ2v) is 4.91. The van der Waals surface area contributed by atoms with Crippen LogP contribution in [0.25, 0.3) is 10.9 Å². The van der Waals surface area contributed by atoms with E-state index in [4.69, 9.17) is 5.73 Å². The molecule has 0 fully saturated rings. The average molecular weight is 263 g/mol. The number of hydrogen-bond acceptors (Lipinski definition) is 3. The van der Waals surface area contributed by atoms with Crippen LogP contribution >= 0.6 is 0 Å². The number of nitrogens with two attached hydrogens (primary N) is 1. The number of aromatic nitrogens is 1. The topological polar surface area (TPSA) is 42.2 Å². The van der Waals surface area contributed by atoms with E-state index < -0.39 is 0 Å². The van der Waals surface area contributed by atoms with Crippen LogP contribution in [0.1, 0.15) is 5.56 Å². The average Bonchev–Trinajstić information content (AvgIpc) is 2.48. The highest BCUT2D eigenvalue weighted by atomic mass is 15.1. The van der Waals surface area contributed by atoms with Gasteiger partial charge in [-0.25, -0.2) is 0 Å². The summed E-state index contributed by atoms with van der Waals surface area (Å²) in [6, 6.07) is 18.2. The lowest BCUT2D eigenvalue weighted by Crippen LogP contribution is -2.18. The van der Waals surface area contributed by atoms with Crippen LogP contribution in [-0.4, -0.2) is 12.0 Å². The number of para-hydroxylation sites is 3. The molecule has 2 N–H and O–H groups in total. The highest BCUT2D eigenvalue weighted by Crippen LogP contribution is 2.24. The second kappa shape index (κ2) is 5.21. The molecule has 0 bridgehead atoms. The van der Waals surface area contributed by atoms with Gasteiger partial charge in [-0.15, -0.1) is 0 Å². The van der Waals surface area contributed by atoms with E-state index in [0.717, 1.165) is 23.4 Å². The molecule has 2 aromatic carbocycles. The minimum Gasteiger partial charge on any atom is -0.397 e. The van der Waals surface area contributed by atoms with Crippen LogP contribution in [0.4, 0.5) is 11.4 Å². The summed E-state index contributed by atoms with van der Waals surface area (Å²) in [6.45, 7) is 0.780. The molecule has 0 atom stereocenters. The zero-order chi connectivity index (χ0) is 13.9. The first-order chi connectivity index (χ1) is 9.75. The number of fused-ring (bicyclic) bond motifs is 1. The van der Waals surface area contributed by atoms with E-state index in [-0.39, 0.29) is 0 Å². The Morgan fingerprint density at radius 3 is 2.65 bits per heavy atom. The number of nitrogens with zero attached hydrogens (tertiary/aromatic N) is 2. The van der Waals surface area contributed by atoms with Gasteiger partial charge in [0, 0.05) is 25.2 Å². The highest BCUT2D eigenvalue weighted by Gasteiger charge is 2.08. The Labute approximate surface area is 118 Å². The van der Waals surface area contributed by atoms with Crippen molar-refractivity contribution in [2.24, 2.45) is 0 Å². The Morgan fingerprint density at radius 2 is 1.80 bits per heavy atom. The molecule has 1 aromatic heterocycles. The maximum absolute atomic E-state index is 6.03. The van der Waals surface area contributed by atoms with E-state index in [2.05, 4.69) is 34.1 Å². The molecule has 0 unspecified atom stereocenters. The van der Waals surface area contributed by atoms with Gasteiger partial charge in [-0.1, -0.05) is 36.4 Å². The first-order valence-electron chi connectivity index (χ1n) is 6.64. The van der Waals surface area contributed by atoms with Gasteiger partial charge in [-0.05, 0) is 23.8 Å². The van der Waals surface area contributed by atoms with Gasteiger partial charge in [-0.3, -0.25) is 4.98 Å². The van der Waals surface area contributed by atoms with Gasteiger partial charge in [0.25, 0.3) is 0 Å². The molecular formula is C17H17N3. The quantitative estimate of drug-likeness (QED) is 0.736. The summed E-state index contributed by atoms with van der Waals surface area (Å²) in [6.07, 6.45) is 1.84. The van der Waals surface area contributed by atoms with Gasteiger partial charge in [0.05, 0.1) is 16.9 Å². The number of nitrogen functional groups attached to an aromatic ring is 1. The molecule has 3 nitrogen and oxygen atoms in total. The molecule has 3 aromatic rings. The van der Waals surface area contributed by atoms with Crippen molar-refractivity contribution >= 4 is 22.3 Å². The number of hydrogen-bond donors (Lipinski definition) is 1. The lowest BCUT2D eigenvalue weighted by Gasteiger charge is -2.21. The van der Waals surface area contributed by atoms with Crippen molar-refractivity contribution < 1.29 is 0 Å². The van der Waals surface area contributed by atoms with Crippen LogP contribution in [0.15, 0.2) is 60.8 Å². The fraction of sp³-hybridized carbons (Fsp3) is 0.118. The van der Waals surface area contributed by atoms with E-state index in [1.807, 2.05) is 43.6 Å². The van der Waals surface area contributed by atoms with Gasteiger partial charge in [0.15, 0.2) is 0 Å². The van der Waals surface area contributed by atoms with Crippen molar-refractivity contribution in [3.8, 4) is 0 Å². The van der Waals surface area contributed by atoms with Crippen molar-refractivity contribution in [1.82, 2.24) is 4.98 Å². The molecule has 0 spiro atoms. The number of anilines is 2. The van der Waals surface area contributed by atoms with E-state index in [0.29, 0.717) is 0 Å². The summed E-state index contributed by atoms with van der Waals surface area (Å²) in [5.74, 6) is 0. The largest absolute Gasteiger partial charge is 0.397 e. The zero-order valence-electron chi connectivity index (χ0n) is 11.5. The van der Waals surface area contributed by atoms with Crippen LogP contribution in [0, 0.1) is 0 Å². The van der Waals surface area contributed by atoms with Gasteiger partial charge in [0.1, 0.15) is 0 Å². The Bertz CT molecular complexity index is 732. The Kier molecular flexibility index (Phi) is 3.25. The normalized spacial score (nSPS) is 10.7. The fourth-order valence-electron chi connectivity index (χ4n) is 2.47. The summed E-state index contributed by atoms with van der Waals surface area (Å²) < 4.78 is 0. The standard InChI is InChI=1S/C17H17N3/c1-20(16-10-3-2-9-15(16)18)12-14-7-4-6-13-8-5-11-19-17(13)14/h2-11H,12,18H2,1H3. The smallest absolute Gasteiger partial charge is 0.0751 e. The van der Waals surface area contributed by atoms with Crippen molar-refractivity contribution in [3.05, 3.63) is 66.4 Å². The highest BCUT2D eigenvalue weighted by molar-refractivity contribution is 5.82. The van der Waals surface area contributed by atoms with E-state index in [1.54, 1.807) is 0 Å². The van der Waals surface area contributed by atoms with Crippen LogP contribution < -0.4 is 10.6 Å². The summed E-state index contributed by atoms with van der Waals surface area (Å²) >= 11 is 0. The van der Waals surface area contributed by atoms with Gasteiger partial charge >= 0.3 is 0 Å². The predicted octanol–water partition coefficient (Wildman–Crippen LogP) is 3.45. The van der Waals surface area contributed by atoms with Crippen molar-refractivity contribution in [2.45, 2.75) is 6.54 Å². The number of rotatable bonds is 3.